The molecule has 0 saturated heterocycles. The van der Waals surface area contributed by atoms with Crippen LogP contribution >= 0.6 is 15.9 Å². The third-order valence-corrected chi connectivity index (χ3v) is 7.53. The van der Waals surface area contributed by atoms with Crippen LogP contribution in [0.25, 0.3) is 0 Å². The minimum absolute atomic E-state index is 0.222. The number of aryl methyl sites for hydroxylation is 1. The van der Waals surface area contributed by atoms with Gasteiger partial charge in [-0.1, -0.05) is 126 Å². The second-order valence-electron chi connectivity index (χ2n) is 10.4. The Hall–Kier alpha value is -0.420. The average Bonchev–Trinajstić information content (AvgIpc) is 2.88. The number of benzene rings is 1. The van der Waals surface area contributed by atoms with Crippen LogP contribution in [0.15, 0.2) is 24.3 Å². The van der Waals surface area contributed by atoms with E-state index >= 15 is 0 Å². The smallest absolute Gasteiger partial charge is 0.285 e. The first-order valence-electron chi connectivity index (χ1n) is 15.2. The van der Waals surface area contributed by atoms with E-state index in [2.05, 4.69) is 74.8 Å². The first kappa shape index (κ1) is 33.6. The van der Waals surface area contributed by atoms with Crippen LogP contribution in [-0.4, -0.2) is 25.8 Å². The highest BCUT2D eigenvalue weighted by atomic mass is 79.9. The van der Waals surface area contributed by atoms with E-state index < -0.39 is 5.97 Å². The van der Waals surface area contributed by atoms with Gasteiger partial charge in [-0.3, -0.25) is 0 Å². The van der Waals surface area contributed by atoms with Crippen LogP contribution in [0.1, 0.15) is 140 Å². The summed E-state index contributed by atoms with van der Waals surface area (Å²) in [5.41, 5.74) is 2.72. The zero-order valence-corrected chi connectivity index (χ0v) is 25.9. The molecular weight excluding hydrogens is 512 g/mol. The second-order valence-corrected chi connectivity index (χ2v) is 11.7. The van der Waals surface area contributed by atoms with Gasteiger partial charge in [-0.25, -0.2) is 0 Å². The third kappa shape index (κ3) is 13.9. The molecule has 1 rings (SSSR count). The summed E-state index contributed by atoms with van der Waals surface area (Å²) >= 11 is 3.73. The Labute approximate surface area is 232 Å². The Bertz CT molecular complexity index is 607. The molecule has 0 spiro atoms. The molecule has 36 heavy (non-hydrogen) atoms. The van der Waals surface area contributed by atoms with Crippen LogP contribution in [0, 0.1) is 5.92 Å². The summed E-state index contributed by atoms with van der Waals surface area (Å²) in [5.74, 6) is -0.706. The van der Waals surface area contributed by atoms with E-state index in [0.29, 0.717) is 24.6 Å². The van der Waals surface area contributed by atoms with E-state index in [1.54, 1.807) is 0 Å². The van der Waals surface area contributed by atoms with Gasteiger partial charge in [-0.15, -0.1) is 0 Å². The van der Waals surface area contributed by atoms with Crippen LogP contribution in [0.2, 0.25) is 0 Å². The molecule has 210 valence electrons. The largest absolute Gasteiger partial charge is 0.327 e. The Morgan fingerprint density at radius 1 is 0.694 bits per heavy atom. The molecule has 0 heterocycles. The SMILES string of the molecule is CCCCCCCCC(CCc1cccc(C(C)Br)c1)C(OCCCC)(OCCCC)OCCCC. The number of rotatable bonds is 24. The molecule has 0 saturated carbocycles. The summed E-state index contributed by atoms with van der Waals surface area (Å²) in [6.07, 6.45) is 17.3. The minimum atomic E-state index is -0.927. The van der Waals surface area contributed by atoms with Crippen molar-refractivity contribution in [1.29, 1.82) is 0 Å². The lowest BCUT2D eigenvalue weighted by Gasteiger charge is -2.40. The molecule has 4 heteroatoms. The van der Waals surface area contributed by atoms with Gasteiger partial charge in [0.1, 0.15) is 0 Å². The summed E-state index contributed by atoms with van der Waals surface area (Å²) in [5, 5.41) is 0. The highest BCUT2D eigenvalue weighted by molar-refractivity contribution is 9.09. The topological polar surface area (TPSA) is 27.7 Å². The highest BCUT2D eigenvalue weighted by Crippen LogP contribution is 2.35. The van der Waals surface area contributed by atoms with Crippen LogP contribution in [-0.2, 0) is 20.6 Å². The molecule has 0 fully saturated rings. The van der Waals surface area contributed by atoms with E-state index in [1.807, 2.05) is 0 Å². The Morgan fingerprint density at radius 2 is 1.22 bits per heavy atom. The second kappa shape index (κ2) is 21.5. The standard InChI is InChI=1S/C32H57BrO3/c1-6-10-14-15-16-17-21-31(23-22-29-19-18-20-30(27-29)28(5)33)32(34-24-11-7-2,35-25-12-8-3)36-26-13-9-4/h18-20,27-28,31H,6-17,21-26H2,1-5H3. The van der Waals surface area contributed by atoms with Gasteiger partial charge in [-0.05, 0) is 56.6 Å². The predicted molar refractivity (Wildman–Crippen MR) is 159 cm³/mol. The van der Waals surface area contributed by atoms with Crippen molar-refractivity contribution in [2.75, 3.05) is 19.8 Å². The van der Waals surface area contributed by atoms with Gasteiger partial charge in [-0.2, -0.15) is 0 Å². The van der Waals surface area contributed by atoms with Crippen molar-refractivity contribution in [3.63, 3.8) is 0 Å². The molecule has 0 N–H and O–H groups in total. The molecule has 0 aliphatic carbocycles. The van der Waals surface area contributed by atoms with Gasteiger partial charge in [0.25, 0.3) is 5.97 Å². The molecule has 0 aliphatic rings. The fourth-order valence-corrected chi connectivity index (χ4v) is 4.85. The summed E-state index contributed by atoms with van der Waals surface area (Å²) in [6, 6.07) is 9.00. The van der Waals surface area contributed by atoms with Crippen molar-refractivity contribution >= 4 is 15.9 Å². The number of unbranched alkanes of at least 4 members (excludes halogenated alkanes) is 8. The fraction of sp³-hybridized carbons (Fsp3) is 0.812. The summed E-state index contributed by atoms with van der Waals surface area (Å²) in [6.45, 7) is 13.2. The van der Waals surface area contributed by atoms with Crippen molar-refractivity contribution in [3.05, 3.63) is 35.4 Å². The van der Waals surface area contributed by atoms with E-state index in [0.717, 1.165) is 57.8 Å². The third-order valence-electron chi connectivity index (χ3n) is 7.00. The van der Waals surface area contributed by atoms with Gasteiger partial charge >= 0.3 is 0 Å². The molecule has 0 aliphatic heterocycles. The van der Waals surface area contributed by atoms with E-state index in [-0.39, 0.29) is 5.92 Å². The first-order chi connectivity index (χ1) is 17.5. The number of halogens is 1. The maximum Gasteiger partial charge on any atom is 0.285 e. The average molecular weight is 570 g/mol. The van der Waals surface area contributed by atoms with Gasteiger partial charge < -0.3 is 14.2 Å². The van der Waals surface area contributed by atoms with Gasteiger partial charge in [0.2, 0.25) is 0 Å². The molecule has 2 atom stereocenters. The first-order valence-corrected chi connectivity index (χ1v) is 16.1. The van der Waals surface area contributed by atoms with Crippen LogP contribution in [0.3, 0.4) is 0 Å². The van der Waals surface area contributed by atoms with Gasteiger partial charge in [0.05, 0.1) is 19.8 Å². The summed E-state index contributed by atoms with van der Waals surface area (Å²) in [4.78, 5) is 0.364. The van der Waals surface area contributed by atoms with Crippen molar-refractivity contribution in [2.24, 2.45) is 5.92 Å². The molecule has 0 radical (unpaired) electrons. The number of hydrogen-bond acceptors (Lipinski definition) is 3. The number of hydrogen-bond donors (Lipinski definition) is 0. The number of alkyl halides is 1. The molecule has 0 amide bonds. The van der Waals surface area contributed by atoms with Gasteiger partial charge in [0, 0.05) is 10.7 Å². The molecule has 3 nitrogen and oxygen atoms in total. The maximum absolute atomic E-state index is 6.62. The lowest BCUT2D eigenvalue weighted by atomic mass is 9.90. The zero-order chi connectivity index (χ0) is 26.5. The van der Waals surface area contributed by atoms with Crippen LogP contribution in [0.5, 0.6) is 0 Å². The molecule has 2 unspecified atom stereocenters. The van der Waals surface area contributed by atoms with Crippen molar-refractivity contribution in [2.45, 2.75) is 142 Å². The molecule has 0 aromatic heterocycles. The summed E-state index contributed by atoms with van der Waals surface area (Å²) in [7, 11) is 0. The molecule has 1 aromatic rings. The van der Waals surface area contributed by atoms with Crippen LogP contribution in [0.4, 0.5) is 0 Å². The van der Waals surface area contributed by atoms with E-state index in [4.69, 9.17) is 14.2 Å². The van der Waals surface area contributed by atoms with Crippen LogP contribution < -0.4 is 0 Å². The van der Waals surface area contributed by atoms with E-state index in [9.17, 15) is 0 Å². The quantitative estimate of drug-likeness (QED) is 0.0704. The zero-order valence-electron chi connectivity index (χ0n) is 24.3. The highest BCUT2D eigenvalue weighted by Gasteiger charge is 2.42. The maximum atomic E-state index is 6.62. The van der Waals surface area contributed by atoms with Crippen molar-refractivity contribution < 1.29 is 14.2 Å². The normalized spacial score (nSPS) is 13.7. The van der Waals surface area contributed by atoms with Gasteiger partial charge in [0.15, 0.2) is 0 Å². The molecule has 1 aromatic carbocycles. The van der Waals surface area contributed by atoms with E-state index in [1.165, 1.54) is 49.7 Å². The Kier molecular flexibility index (Phi) is 20.1. The van der Waals surface area contributed by atoms with Crippen molar-refractivity contribution in [1.82, 2.24) is 0 Å². The molecular formula is C32H57BrO3. The summed E-state index contributed by atoms with van der Waals surface area (Å²) < 4.78 is 19.9. The lowest BCUT2D eigenvalue weighted by molar-refractivity contribution is -0.407. The Morgan fingerprint density at radius 3 is 1.75 bits per heavy atom. The molecule has 0 bridgehead atoms. The number of ether oxygens (including phenoxy) is 3. The Balaban J connectivity index is 3.11. The fourth-order valence-electron chi connectivity index (χ4n) is 4.56. The minimum Gasteiger partial charge on any atom is -0.327 e. The predicted octanol–water partition coefficient (Wildman–Crippen LogP) is 10.5. The lowest BCUT2D eigenvalue weighted by Crippen LogP contribution is -2.47. The van der Waals surface area contributed by atoms with Crippen molar-refractivity contribution in [3.8, 4) is 0 Å². The monoisotopic (exact) mass is 568 g/mol.